The number of nitrogens with zero attached hydrogens (tertiary/aromatic N) is 1. The van der Waals surface area contributed by atoms with E-state index in [0.717, 1.165) is 63.4 Å². The molecule has 1 aliphatic heterocycles. The largest absolute Gasteiger partial charge is 0.508 e. The molecule has 1 aromatic carbocycles. The highest BCUT2D eigenvalue weighted by Crippen LogP contribution is 2.25. The molecule has 0 spiro atoms. The van der Waals surface area contributed by atoms with Crippen LogP contribution in [-0.2, 0) is 11.2 Å². The minimum absolute atomic E-state index is 0.242. The molecule has 0 radical (unpaired) electrons. The van der Waals surface area contributed by atoms with E-state index >= 15 is 0 Å². The molecule has 2 rings (SSSR count). The van der Waals surface area contributed by atoms with Gasteiger partial charge < -0.3 is 14.6 Å². The topological polar surface area (TPSA) is 41.9 Å². The maximum absolute atomic E-state index is 9.55. The van der Waals surface area contributed by atoms with E-state index in [0.29, 0.717) is 6.61 Å². The molecule has 0 unspecified atom stereocenters. The zero-order chi connectivity index (χ0) is 14.9. The predicted molar refractivity (Wildman–Crippen MR) is 84.0 cm³/mol. The monoisotopic (exact) mass is 291 g/mol. The van der Waals surface area contributed by atoms with Crippen LogP contribution in [0.3, 0.4) is 0 Å². The van der Waals surface area contributed by atoms with Crippen molar-refractivity contribution in [3.05, 3.63) is 36.4 Å². The van der Waals surface area contributed by atoms with Crippen molar-refractivity contribution in [3.63, 3.8) is 0 Å². The quantitative estimate of drug-likeness (QED) is 0.590. The number of rotatable bonds is 8. The summed E-state index contributed by atoms with van der Waals surface area (Å²) in [6.45, 7) is 9.31. The molecule has 0 atom stereocenters. The summed E-state index contributed by atoms with van der Waals surface area (Å²) in [7, 11) is 0. The fourth-order valence-corrected chi connectivity index (χ4v) is 2.45. The number of morpholine rings is 1. The van der Waals surface area contributed by atoms with Crippen molar-refractivity contribution in [2.45, 2.75) is 19.3 Å². The molecule has 0 aromatic heterocycles. The molecule has 4 nitrogen and oxygen atoms in total. The third-order valence-electron chi connectivity index (χ3n) is 3.64. The SMILES string of the molecule is C=CCc1ccc(O)cc1OCCCCN1CCOCC1. The molecule has 1 aliphatic rings. The lowest BCUT2D eigenvalue weighted by Crippen LogP contribution is -2.36. The van der Waals surface area contributed by atoms with Crippen LogP contribution >= 0.6 is 0 Å². The number of ether oxygens (including phenoxy) is 2. The second-order valence-electron chi connectivity index (χ2n) is 5.29. The lowest BCUT2D eigenvalue weighted by atomic mass is 10.1. The fourth-order valence-electron chi connectivity index (χ4n) is 2.45. The molecule has 1 saturated heterocycles. The first-order valence-corrected chi connectivity index (χ1v) is 7.65. The van der Waals surface area contributed by atoms with Crippen molar-refractivity contribution in [2.75, 3.05) is 39.5 Å². The van der Waals surface area contributed by atoms with Gasteiger partial charge in [-0.3, -0.25) is 4.90 Å². The van der Waals surface area contributed by atoms with Gasteiger partial charge in [0.25, 0.3) is 0 Å². The van der Waals surface area contributed by atoms with E-state index in [4.69, 9.17) is 9.47 Å². The van der Waals surface area contributed by atoms with Gasteiger partial charge in [-0.15, -0.1) is 6.58 Å². The van der Waals surface area contributed by atoms with Crippen LogP contribution < -0.4 is 4.74 Å². The lowest BCUT2D eigenvalue weighted by molar-refractivity contribution is 0.0368. The Kier molecular flexibility index (Phi) is 6.57. The van der Waals surface area contributed by atoms with Crippen molar-refractivity contribution in [2.24, 2.45) is 0 Å². The Morgan fingerprint density at radius 3 is 2.86 bits per heavy atom. The first kappa shape index (κ1) is 15.9. The van der Waals surface area contributed by atoms with Gasteiger partial charge in [-0.2, -0.15) is 0 Å². The molecular weight excluding hydrogens is 266 g/mol. The Bertz CT molecular complexity index is 442. The van der Waals surface area contributed by atoms with Crippen LogP contribution in [0, 0.1) is 0 Å². The molecule has 116 valence electrons. The van der Waals surface area contributed by atoms with Crippen molar-refractivity contribution in [1.82, 2.24) is 4.90 Å². The highest BCUT2D eigenvalue weighted by Gasteiger charge is 2.09. The molecule has 21 heavy (non-hydrogen) atoms. The van der Waals surface area contributed by atoms with Crippen LogP contribution in [0.1, 0.15) is 18.4 Å². The van der Waals surface area contributed by atoms with Crippen molar-refractivity contribution in [1.29, 1.82) is 0 Å². The van der Waals surface area contributed by atoms with Crippen LogP contribution in [0.4, 0.5) is 0 Å². The molecule has 0 bridgehead atoms. The van der Waals surface area contributed by atoms with Gasteiger partial charge in [-0.1, -0.05) is 12.1 Å². The summed E-state index contributed by atoms with van der Waals surface area (Å²) < 4.78 is 11.1. The maximum Gasteiger partial charge on any atom is 0.126 e. The summed E-state index contributed by atoms with van der Waals surface area (Å²) in [6, 6.07) is 5.25. The average Bonchev–Trinajstić information content (AvgIpc) is 2.51. The maximum atomic E-state index is 9.55. The first-order valence-electron chi connectivity index (χ1n) is 7.65. The van der Waals surface area contributed by atoms with E-state index in [-0.39, 0.29) is 5.75 Å². The summed E-state index contributed by atoms with van der Waals surface area (Å²) in [5.74, 6) is 1.01. The molecular formula is C17H25NO3. The standard InChI is InChI=1S/C17H25NO3/c1-2-5-15-6-7-16(19)14-17(15)21-11-4-3-8-18-9-12-20-13-10-18/h2,6-7,14,19H,1,3-5,8-13H2. The molecule has 1 N–H and O–H groups in total. The zero-order valence-corrected chi connectivity index (χ0v) is 12.6. The normalized spacial score (nSPS) is 15.8. The molecule has 1 aromatic rings. The average molecular weight is 291 g/mol. The van der Waals surface area contributed by atoms with Gasteiger partial charge in [0.1, 0.15) is 11.5 Å². The van der Waals surface area contributed by atoms with E-state index in [9.17, 15) is 5.11 Å². The second kappa shape index (κ2) is 8.70. The van der Waals surface area contributed by atoms with Gasteiger partial charge in [0.15, 0.2) is 0 Å². The number of benzene rings is 1. The zero-order valence-electron chi connectivity index (χ0n) is 12.6. The van der Waals surface area contributed by atoms with Gasteiger partial charge in [-0.25, -0.2) is 0 Å². The molecule has 0 amide bonds. The van der Waals surface area contributed by atoms with Crippen molar-refractivity contribution < 1.29 is 14.6 Å². The molecule has 1 fully saturated rings. The number of phenols is 1. The number of allylic oxidation sites excluding steroid dienone is 1. The second-order valence-corrected chi connectivity index (χ2v) is 5.29. The van der Waals surface area contributed by atoms with Crippen LogP contribution in [0.25, 0.3) is 0 Å². The van der Waals surface area contributed by atoms with Crippen LogP contribution in [0.5, 0.6) is 11.5 Å². The Morgan fingerprint density at radius 2 is 2.10 bits per heavy atom. The van der Waals surface area contributed by atoms with E-state index < -0.39 is 0 Å². The highest BCUT2D eigenvalue weighted by atomic mass is 16.5. The minimum atomic E-state index is 0.242. The van der Waals surface area contributed by atoms with Crippen LogP contribution in [0.2, 0.25) is 0 Å². The Labute approximate surface area is 127 Å². The summed E-state index contributed by atoms with van der Waals surface area (Å²) in [5, 5.41) is 9.55. The number of aromatic hydroxyl groups is 1. The highest BCUT2D eigenvalue weighted by molar-refractivity contribution is 5.40. The van der Waals surface area contributed by atoms with Crippen LogP contribution in [0.15, 0.2) is 30.9 Å². The van der Waals surface area contributed by atoms with E-state index in [1.807, 2.05) is 12.1 Å². The molecule has 4 heteroatoms. The molecule has 1 heterocycles. The van der Waals surface area contributed by atoms with Gasteiger partial charge in [0.2, 0.25) is 0 Å². The van der Waals surface area contributed by atoms with Gasteiger partial charge in [0.05, 0.1) is 19.8 Å². The number of hydrogen-bond acceptors (Lipinski definition) is 4. The summed E-state index contributed by atoms with van der Waals surface area (Å²) >= 11 is 0. The van der Waals surface area contributed by atoms with Gasteiger partial charge in [-0.05, 0) is 37.4 Å². The third kappa shape index (κ3) is 5.40. The summed E-state index contributed by atoms with van der Waals surface area (Å²) in [5.41, 5.74) is 1.07. The van der Waals surface area contributed by atoms with Crippen LogP contribution in [-0.4, -0.2) is 49.5 Å². The van der Waals surface area contributed by atoms with Crippen molar-refractivity contribution in [3.8, 4) is 11.5 Å². The lowest BCUT2D eigenvalue weighted by Gasteiger charge is -2.26. The number of hydrogen-bond donors (Lipinski definition) is 1. The van der Waals surface area contributed by atoms with Gasteiger partial charge >= 0.3 is 0 Å². The Morgan fingerprint density at radius 1 is 1.29 bits per heavy atom. The number of unbranched alkanes of at least 4 members (excludes halogenated alkanes) is 1. The van der Waals surface area contributed by atoms with E-state index in [1.165, 1.54) is 0 Å². The summed E-state index contributed by atoms with van der Waals surface area (Å²) in [4.78, 5) is 2.43. The first-order chi connectivity index (χ1) is 10.3. The Hall–Kier alpha value is -1.52. The summed E-state index contributed by atoms with van der Waals surface area (Å²) in [6.07, 6.45) is 4.73. The predicted octanol–water partition coefficient (Wildman–Crippen LogP) is 2.61. The third-order valence-corrected chi connectivity index (χ3v) is 3.64. The van der Waals surface area contributed by atoms with Crippen molar-refractivity contribution >= 4 is 0 Å². The molecule has 0 saturated carbocycles. The smallest absolute Gasteiger partial charge is 0.126 e. The van der Waals surface area contributed by atoms with E-state index in [1.54, 1.807) is 12.1 Å². The fraction of sp³-hybridized carbons (Fsp3) is 0.529. The van der Waals surface area contributed by atoms with E-state index in [2.05, 4.69) is 11.5 Å². The van der Waals surface area contributed by atoms with Gasteiger partial charge in [0, 0.05) is 19.2 Å². The molecule has 0 aliphatic carbocycles. The number of phenolic OH excluding ortho intramolecular Hbond substituents is 1. The Balaban J connectivity index is 1.70. The minimum Gasteiger partial charge on any atom is -0.508 e.